The molecule has 0 aromatic carbocycles. The molecule has 92 valence electrons. The van der Waals surface area contributed by atoms with E-state index >= 15 is 0 Å². The highest BCUT2D eigenvalue weighted by atomic mass is 32.1. The van der Waals surface area contributed by atoms with Gasteiger partial charge < -0.3 is 11.1 Å². The fourth-order valence-corrected chi connectivity index (χ4v) is 2.01. The maximum absolute atomic E-state index is 11.7. The second kappa shape index (κ2) is 7.05. The lowest BCUT2D eigenvalue weighted by molar-refractivity contribution is -0.119. The van der Waals surface area contributed by atoms with Crippen molar-refractivity contribution < 1.29 is 4.79 Å². The molecule has 3 N–H and O–H groups in total. The van der Waals surface area contributed by atoms with E-state index in [9.17, 15) is 4.79 Å². The van der Waals surface area contributed by atoms with Crippen LogP contribution in [0, 0.1) is 17.8 Å². The van der Waals surface area contributed by atoms with Gasteiger partial charge in [-0.3, -0.25) is 4.79 Å². The molecule has 1 aromatic heterocycles. The molecule has 1 atom stereocenters. The first-order chi connectivity index (χ1) is 8.17. The van der Waals surface area contributed by atoms with Gasteiger partial charge in [0, 0.05) is 5.92 Å². The number of anilines is 1. The Hall–Kier alpha value is -1.38. The molecule has 0 bridgehead atoms. The number of aromatic nitrogens is 1. The zero-order valence-electron chi connectivity index (χ0n) is 10.1. The highest BCUT2D eigenvalue weighted by molar-refractivity contribution is 7.16. The maximum Gasteiger partial charge on any atom is 0.228 e. The number of thiazole rings is 1. The average Bonchev–Trinajstić information content (AvgIpc) is 2.74. The number of carbonyl (C=O) groups excluding carboxylic acids is 1. The van der Waals surface area contributed by atoms with Crippen LogP contribution in [0.3, 0.4) is 0 Å². The van der Waals surface area contributed by atoms with Gasteiger partial charge >= 0.3 is 0 Å². The van der Waals surface area contributed by atoms with Crippen LogP contribution in [-0.2, 0) is 4.79 Å². The third-order valence-corrected chi connectivity index (χ3v) is 3.05. The van der Waals surface area contributed by atoms with Crippen molar-refractivity contribution in [3.05, 3.63) is 11.1 Å². The van der Waals surface area contributed by atoms with Crippen molar-refractivity contribution in [3.63, 3.8) is 0 Å². The van der Waals surface area contributed by atoms with Gasteiger partial charge in [0.2, 0.25) is 5.91 Å². The van der Waals surface area contributed by atoms with Crippen LogP contribution in [-0.4, -0.2) is 17.4 Å². The minimum Gasteiger partial charge on any atom is -0.320 e. The predicted molar refractivity (Wildman–Crippen MR) is 70.7 cm³/mol. The van der Waals surface area contributed by atoms with Crippen molar-refractivity contribution in [1.82, 2.24) is 4.98 Å². The number of hydrogen-bond donors (Lipinski definition) is 2. The van der Waals surface area contributed by atoms with Gasteiger partial charge in [0.1, 0.15) is 0 Å². The molecule has 17 heavy (non-hydrogen) atoms. The van der Waals surface area contributed by atoms with E-state index in [-0.39, 0.29) is 11.8 Å². The Labute approximate surface area is 106 Å². The molecule has 0 saturated heterocycles. The minimum atomic E-state index is 0.0135. The van der Waals surface area contributed by atoms with Crippen LogP contribution in [0.25, 0.3) is 0 Å². The molecule has 5 heteroatoms. The monoisotopic (exact) mass is 251 g/mol. The van der Waals surface area contributed by atoms with Crippen LogP contribution < -0.4 is 11.1 Å². The molecule has 4 nitrogen and oxygen atoms in total. The third kappa shape index (κ3) is 4.55. The van der Waals surface area contributed by atoms with E-state index in [1.165, 1.54) is 11.3 Å². The fourth-order valence-electron chi connectivity index (χ4n) is 1.32. The maximum atomic E-state index is 11.7. The van der Waals surface area contributed by atoms with Crippen molar-refractivity contribution in [1.29, 1.82) is 0 Å². The molecule has 0 aliphatic heterocycles. The van der Waals surface area contributed by atoms with Crippen LogP contribution in [0.1, 0.15) is 31.6 Å². The van der Waals surface area contributed by atoms with Crippen molar-refractivity contribution in [2.45, 2.75) is 26.7 Å². The summed E-state index contributed by atoms with van der Waals surface area (Å²) in [7, 11) is 0. The van der Waals surface area contributed by atoms with Crippen molar-refractivity contribution >= 4 is 22.4 Å². The number of nitrogens with zero attached hydrogens (tertiary/aromatic N) is 1. The van der Waals surface area contributed by atoms with Crippen LogP contribution in [0.15, 0.2) is 6.20 Å². The Morgan fingerprint density at radius 3 is 3.12 bits per heavy atom. The third-order valence-electron chi connectivity index (χ3n) is 2.22. The van der Waals surface area contributed by atoms with Crippen molar-refractivity contribution in [3.8, 4) is 11.8 Å². The van der Waals surface area contributed by atoms with Crippen LogP contribution in [0.4, 0.5) is 5.13 Å². The quantitative estimate of drug-likeness (QED) is 0.802. The lowest BCUT2D eigenvalue weighted by atomic mass is 10.1. The van der Waals surface area contributed by atoms with Crippen molar-refractivity contribution in [2.24, 2.45) is 11.7 Å². The number of rotatable bonds is 4. The predicted octanol–water partition coefficient (Wildman–Crippen LogP) is 1.83. The second-order valence-corrected chi connectivity index (χ2v) is 4.75. The molecular formula is C12H17N3OS. The fraction of sp³-hybridized carbons (Fsp3) is 0.500. The van der Waals surface area contributed by atoms with E-state index in [1.54, 1.807) is 6.20 Å². The van der Waals surface area contributed by atoms with Gasteiger partial charge in [0.25, 0.3) is 0 Å². The van der Waals surface area contributed by atoms with Crippen LogP contribution in [0.2, 0.25) is 0 Å². The second-order valence-electron chi connectivity index (χ2n) is 3.71. The number of amides is 1. The molecule has 0 radical (unpaired) electrons. The molecule has 1 amide bonds. The summed E-state index contributed by atoms with van der Waals surface area (Å²) in [5, 5.41) is 3.39. The van der Waals surface area contributed by atoms with E-state index in [0.717, 1.165) is 17.7 Å². The Balaban J connectivity index is 2.57. The molecule has 1 heterocycles. The first-order valence-electron chi connectivity index (χ1n) is 5.63. The lowest BCUT2D eigenvalue weighted by Crippen LogP contribution is -2.19. The summed E-state index contributed by atoms with van der Waals surface area (Å²) in [4.78, 5) is 16.6. The smallest absolute Gasteiger partial charge is 0.228 e. The summed E-state index contributed by atoms with van der Waals surface area (Å²) >= 11 is 1.36. The van der Waals surface area contributed by atoms with Crippen LogP contribution in [0.5, 0.6) is 0 Å². The first kappa shape index (κ1) is 13.7. The summed E-state index contributed by atoms with van der Waals surface area (Å²) in [6, 6.07) is 0. The molecule has 1 rings (SSSR count). The molecular weight excluding hydrogens is 234 g/mol. The number of nitrogens with one attached hydrogen (secondary N) is 1. The zero-order chi connectivity index (χ0) is 12.7. The molecule has 0 spiro atoms. The van der Waals surface area contributed by atoms with E-state index in [0.29, 0.717) is 11.7 Å². The van der Waals surface area contributed by atoms with Gasteiger partial charge in [-0.1, -0.05) is 43.4 Å². The molecule has 0 aliphatic rings. The number of carbonyl (C=O) groups is 1. The van der Waals surface area contributed by atoms with E-state index in [4.69, 9.17) is 5.73 Å². The lowest BCUT2D eigenvalue weighted by Gasteiger charge is -2.08. The summed E-state index contributed by atoms with van der Waals surface area (Å²) in [5.74, 6) is 5.66. The molecule has 0 fully saturated rings. The average molecular weight is 251 g/mol. The Bertz CT molecular complexity index is 430. The Morgan fingerprint density at radius 2 is 2.47 bits per heavy atom. The van der Waals surface area contributed by atoms with E-state index in [2.05, 4.69) is 29.1 Å². The molecule has 1 aromatic rings. The summed E-state index contributed by atoms with van der Waals surface area (Å²) in [5.41, 5.74) is 5.28. The summed E-state index contributed by atoms with van der Waals surface area (Å²) in [6.45, 7) is 4.31. The molecule has 0 saturated carbocycles. The van der Waals surface area contributed by atoms with E-state index < -0.39 is 0 Å². The van der Waals surface area contributed by atoms with Gasteiger partial charge in [-0.15, -0.1) is 0 Å². The van der Waals surface area contributed by atoms with Crippen molar-refractivity contribution in [2.75, 3.05) is 11.9 Å². The van der Waals surface area contributed by atoms with Gasteiger partial charge in [-0.05, 0) is 6.42 Å². The highest BCUT2D eigenvalue weighted by Crippen LogP contribution is 2.18. The largest absolute Gasteiger partial charge is 0.320 e. The molecule has 1 unspecified atom stereocenters. The molecule has 0 aliphatic carbocycles. The summed E-state index contributed by atoms with van der Waals surface area (Å²) < 4.78 is 0. The number of nitrogens with two attached hydrogens (primary N) is 1. The normalized spacial score (nSPS) is 11.5. The topological polar surface area (TPSA) is 68.0 Å². The number of hydrogen-bond acceptors (Lipinski definition) is 4. The summed E-state index contributed by atoms with van der Waals surface area (Å²) in [6.07, 6.45) is 3.53. The standard InChI is InChI=1S/C12H17N3OS/c1-3-5-9(2)11(16)15-12-14-8-10(17-12)6-4-7-13/h8-9H,3,5,7,13H2,1-2H3,(H,14,15,16). The van der Waals surface area contributed by atoms with Gasteiger partial charge in [-0.2, -0.15) is 0 Å². The highest BCUT2D eigenvalue weighted by Gasteiger charge is 2.13. The Morgan fingerprint density at radius 1 is 1.71 bits per heavy atom. The van der Waals surface area contributed by atoms with E-state index in [1.807, 2.05) is 6.92 Å². The van der Waals surface area contributed by atoms with Gasteiger partial charge in [0.15, 0.2) is 5.13 Å². The van der Waals surface area contributed by atoms with Gasteiger partial charge in [-0.25, -0.2) is 4.98 Å². The van der Waals surface area contributed by atoms with Crippen LogP contribution >= 0.6 is 11.3 Å². The zero-order valence-corrected chi connectivity index (χ0v) is 10.9. The SMILES string of the molecule is CCCC(C)C(=O)Nc1ncc(C#CCN)s1. The Kier molecular flexibility index (Phi) is 5.67. The van der Waals surface area contributed by atoms with Gasteiger partial charge in [0.05, 0.1) is 17.6 Å². The minimum absolute atomic E-state index is 0.0135. The first-order valence-corrected chi connectivity index (χ1v) is 6.44.